The van der Waals surface area contributed by atoms with Gasteiger partial charge in [-0.2, -0.15) is 0 Å². The smallest absolute Gasteiger partial charge is 0.116 e. The molecule has 4 heteroatoms. The molecule has 0 unspecified atom stereocenters. The van der Waals surface area contributed by atoms with E-state index in [1.165, 1.54) is 20.5 Å². The topological polar surface area (TPSA) is 24.7 Å². The van der Waals surface area contributed by atoms with Crippen LogP contribution in [0.25, 0.3) is 10.1 Å². The second-order valence-corrected chi connectivity index (χ2v) is 5.06. The summed E-state index contributed by atoms with van der Waals surface area (Å²) in [5.74, 6) is 0.361. The Labute approximate surface area is 106 Å². The van der Waals surface area contributed by atoms with Gasteiger partial charge in [0.15, 0.2) is 0 Å². The number of thiophene rings is 1. The van der Waals surface area contributed by atoms with Crippen LogP contribution in [0, 0.1) is 0 Å². The van der Waals surface area contributed by atoms with Crippen molar-refractivity contribution in [3.05, 3.63) is 29.1 Å². The fourth-order valence-corrected chi connectivity index (χ4v) is 2.63. The van der Waals surface area contributed by atoms with Crippen molar-refractivity contribution in [3.8, 4) is 5.75 Å². The maximum absolute atomic E-state index is 9.45. The lowest BCUT2D eigenvalue weighted by molar-refractivity contribution is -0.858. The Morgan fingerprint density at radius 3 is 2.75 bits per heavy atom. The predicted molar refractivity (Wildman–Crippen MR) is 64.9 cm³/mol. The van der Waals surface area contributed by atoms with Crippen molar-refractivity contribution in [1.82, 2.24) is 0 Å². The van der Waals surface area contributed by atoms with Gasteiger partial charge in [0.05, 0.1) is 20.6 Å². The number of halogens is 1. The van der Waals surface area contributed by atoms with E-state index in [4.69, 9.17) is 0 Å². The van der Waals surface area contributed by atoms with Gasteiger partial charge in [-0.15, -0.1) is 11.3 Å². The Balaban J connectivity index is 0.00000128. The number of hydrogen-bond acceptors (Lipinski definition) is 2. The summed E-state index contributed by atoms with van der Waals surface area (Å²) >= 11 is 1.75. The summed E-state index contributed by atoms with van der Waals surface area (Å²) in [5.41, 5.74) is 1.35. The molecular weight excluding hydrogens is 242 g/mol. The molecule has 0 aliphatic heterocycles. The number of benzene rings is 1. The molecule has 0 spiro atoms. The van der Waals surface area contributed by atoms with Gasteiger partial charge in [0.1, 0.15) is 5.75 Å². The van der Waals surface area contributed by atoms with E-state index in [0.29, 0.717) is 5.75 Å². The largest absolute Gasteiger partial charge is 1.00 e. The minimum absolute atomic E-state index is 0. The highest BCUT2D eigenvalue weighted by Crippen LogP contribution is 2.29. The zero-order valence-corrected chi connectivity index (χ0v) is 11.0. The van der Waals surface area contributed by atoms with Crippen LogP contribution in [-0.4, -0.2) is 25.7 Å². The number of phenols is 1. The monoisotopic (exact) mass is 257 g/mol. The van der Waals surface area contributed by atoms with E-state index in [9.17, 15) is 5.11 Å². The second-order valence-electron chi connectivity index (χ2n) is 4.15. The number of phenolic OH excluding ortho intramolecular Hbond substituents is 1. The molecule has 0 amide bonds. The number of hydrogen-bond donors (Lipinski definition) is 2. The molecular formula is C12H16ClNOS. The molecule has 0 saturated carbocycles. The molecule has 88 valence electrons. The van der Waals surface area contributed by atoms with Gasteiger partial charge in [0, 0.05) is 11.1 Å². The van der Waals surface area contributed by atoms with Gasteiger partial charge in [-0.1, -0.05) is 0 Å². The summed E-state index contributed by atoms with van der Waals surface area (Å²) in [6, 6.07) is 5.60. The van der Waals surface area contributed by atoms with E-state index in [-0.39, 0.29) is 12.4 Å². The Kier molecular flexibility index (Phi) is 4.59. The maximum atomic E-state index is 9.45. The van der Waals surface area contributed by atoms with Crippen molar-refractivity contribution in [3.63, 3.8) is 0 Å². The van der Waals surface area contributed by atoms with Crippen molar-refractivity contribution in [2.75, 3.05) is 20.6 Å². The molecule has 2 aromatic rings. The molecule has 2 nitrogen and oxygen atoms in total. The van der Waals surface area contributed by atoms with Crippen LogP contribution < -0.4 is 17.3 Å². The average molecular weight is 258 g/mol. The van der Waals surface area contributed by atoms with Gasteiger partial charge in [-0.3, -0.25) is 0 Å². The molecule has 1 heterocycles. The standard InChI is InChI=1S/C12H15NOS.ClH/c1-13(2)6-5-9-8-15-12-4-3-10(14)7-11(9)12;/h3-4,7-8,14H,5-6H2,1-2H3;1H. The van der Waals surface area contributed by atoms with Gasteiger partial charge in [-0.25, -0.2) is 0 Å². The molecule has 0 aliphatic carbocycles. The van der Waals surface area contributed by atoms with Crippen molar-refractivity contribution >= 4 is 21.4 Å². The summed E-state index contributed by atoms with van der Waals surface area (Å²) in [5, 5.41) is 12.9. The third kappa shape index (κ3) is 2.88. The first-order valence-corrected chi connectivity index (χ1v) is 6.03. The van der Waals surface area contributed by atoms with Crippen LogP contribution in [-0.2, 0) is 6.42 Å². The highest BCUT2D eigenvalue weighted by atomic mass is 35.5. The molecule has 2 rings (SSSR count). The van der Waals surface area contributed by atoms with E-state index >= 15 is 0 Å². The first kappa shape index (κ1) is 13.3. The third-order valence-electron chi connectivity index (χ3n) is 2.53. The van der Waals surface area contributed by atoms with Crippen molar-refractivity contribution < 1.29 is 22.4 Å². The van der Waals surface area contributed by atoms with Gasteiger partial charge in [-0.05, 0) is 34.5 Å². The van der Waals surface area contributed by atoms with Gasteiger partial charge in [0.2, 0.25) is 0 Å². The molecule has 0 fully saturated rings. The molecule has 0 aliphatic rings. The lowest BCUT2D eigenvalue weighted by Gasteiger charge is -2.05. The number of rotatable bonds is 3. The van der Waals surface area contributed by atoms with Crippen LogP contribution in [0.5, 0.6) is 5.75 Å². The minimum atomic E-state index is 0. The lowest BCUT2D eigenvalue weighted by Crippen LogP contribution is -3.05. The van der Waals surface area contributed by atoms with Crippen LogP contribution in [0.3, 0.4) is 0 Å². The first-order chi connectivity index (χ1) is 7.16. The number of fused-ring (bicyclic) bond motifs is 1. The van der Waals surface area contributed by atoms with Crippen LogP contribution in [0.15, 0.2) is 23.6 Å². The van der Waals surface area contributed by atoms with Gasteiger partial charge in [0.25, 0.3) is 0 Å². The number of quaternary nitrogens is 1. The molecule has 0 atom stereocenters. The zero-order chi connectivity index (χ0) is 10.8. The van der Waals surface area contributed by atoms with E-state index in [1.807, 2.05) is 12.1 Å². The van der Waals surface area contributed by atoms with Gasteiger partial charge >= 0.3 is 0 Å². The normalized spacial score (nSPS) is 10.7. The molecule has 16 heavy (non-hydrogen) atoms. The highest BCUT2D eigenvalue weighted by Gasteiger charge is 2.06. The predicted octanol–water partition coefficient (Wildman–Crippen LogP) is -1.70. The summed E-state index contributed by atoms with van der Waals surface area (Å²) < 4.78 is 1.26. The third-order valence-corrected chi connectivity index (χ3v) is 3.54. The fraction of sp³-hybridized carbons (Fsp3) is 0.333. The highest BCUT2D eigenvalue weighted by molar-refractivity contribution is 7.17. The number of aromatic hydroxyl groups is 1. The van der Waals surface area contributed by atoms with E-state index < -0.39 is 0 Å². The number of likely N-dealkylation sites (N-methyl/N-ethyl adjacent to an activating group) is 1. The minimum Gasteiger partial charge on any atom is -1.00 e. The molecule has 2 N–H and O–H groups in total. The average Bonchev–Trinajstić information content (AvgIpc) is 2.57. The Morgan fingerprint density at radius 1 is 1.31 bits per heavy atom. The van der Waals surface area contributed by atoms with Crippen LogP contribution in [0.2, 0.25) is 0 Å². The van der Waals surface area contributed by atoms with E-state index in [1.54, 1.807) is 17.4 Å². The summed E-state index contributed by atoms with van der Waals surface area (Å²) in [6.07, 6.45) is 1.08. The Morgan fingerprint density at radius 2 is 2.06 bits per heavy atom. The number of nitrogens with one attached hydrogen (secondary N) is 1. The Bertz CT molecular complexity index is 467. The van der Waals surface area contributed by atoms with Crippen molar-refractivity contribution in [2.45, 2.75) is 6.42 Å². The maximum Gasteiger partial charge on any atom is 0.116 e. The fourth-order valence-electron chi connectivity index (χ4n) is 1.65. The summed E-state index contributed by atoms with van der Waals surface area (Å²) in [4.78, 5) is 1.45. The van der Waals surface area contributed by atoms with Crippen LogP contribution in [0.1, 0.15) is 5.56 Å². The molecule has 0 bridgehead atoms. The van der Waals surface area contributed by atoms with E-state index in [2.05, 4.69) is 19.5 Å². The quantitative estimate of drug-likeness (QED) is 0.673. The van der Waals surface area contributed by atoms with E-state index in [0.717, 1.165) is 13.0 Å². The van der Waals surface area contributed by atoms with Crippen molar-refractivity contribution in [2.24, 2.45) is 0 Å². The first-order valence-electron chi connectivity index (χ1n) is 5.15. The SMILES string of the molecule is C[NH+](C)CCc1csc2ccc(O)cc12.[Cl-]. The van der Waals surface area contributed by atoms with Gasteiger partial charge < -0.3 is 22.4 Å². The van der Waals surface area contributed by atoms with Crippen LogP contribution in [0.4, 0.5) is 0 Å². The molecule has 1 aromatic heterocycles. The Hall–Kier alpha value is -0.770. The lowest BCUT2D eigenvalue weighted by atomic mass is 10.1. The summed E-state index contributed by atoms with van der Waals surface area (Å²) in [7, 11) is 4.32. The zero-order valence-electron chi connectivity index (χ0n) is 9.46. The molecule has 0 radical (unpaired) electrons. The molecule has 0 saturated heterocycles. The van der Waals surface area contributed by atoms with Crippen LogP contribution >= 0.6 is 11.3 Å². The second kappa shape index (κ2) is 5.53. The van der Waals surface area contributed by atoms with Crippen molar-refractivity contribution in [1.29, 1.82) is 0 Å². The molecule has 1 aromatic carbocycles. The summed E-state index contributed by atoms with van der Waals surface area (Å²) in [6.45, 7) is 1.13.